The summed E-state index contributed by atoms with van der Waals surface area (Å²) in [6, 6.07) is 7.72. The van der Waals surface area contributed by atoms with Crippen molar-refractivity contribution in [3.63, 3.8) is 0 Å². The zero-order valence-electron chi connectivity index (χ0n) is 9.97. The molecular weight excluding hydrogens is 214 g/mol. The quantitative estimate of drug-likeness (QED) is 0.877. The lowest BCUT2D eigenvalue weighted by atomic mass is 10.1. The molecule has 0 radical (unpaired) electrons. The van der Waals surface area contributed by atoms with E-state index in [9.17, 15) is 0 Å². The molecule has 0 saturated carbocycles. The van der Waals surface area contributed by atoms with E-state index < -0.39 is 0 Å². The average Bonchev–Trinajstić information content (AvgIpc) is 2.32. The highest BCUT2D eigenvalue weighted by Gasteiger charge is 2.04. The Morgan fingerprint density at radius 3 is 2.71 bits per heavy atom. The molecule has 0 amide bonds. The largest absolute Gasteiger partial charge is 0.439 e. The first kappa shape index (κ1) is 11.5. The highest BCUT2D eigenvalue weighted by molar-refractivity contribution is 5.38. The Morgan fingerprint density at radius 2 is 2.00 bits per heavy atom. The summed E-state index contributed by atoms with van der Waals surface area (Å²) in [6.45, 7) is 4.39. The van der Waals surface area contributed by atoms with Crippen LogP contribution in [0.2, 0.25) is 0 Å². The van der Waals surface area contributed by atoms with E-state index in [1.54, 1.807) is 6.07 Å². The van der Waals surface area contributed by atoms with Gasteiger partial charge >= 0.3 is 0 Å². The summed E-state index contributed by atoms with van der Waals surface area (Å²) in [5, 5.41) is 0. The summed E-state index contributed by atoms with van der Waals surface area (Å²) in [4.78, 5) is 8.09. The predicted molar refractivity (Wildman–Crippen MR) is 65.9 cm³/mol. The summed E-state index contributed by atoms with van der Waals surface area (Å²) in [5.74, 6) is 1.33. The van der Waals surface area contributed by atoms with Gasteiger partial charge in [-0.2, -0.15) is 0 Å². The lowest BCUT2D eigenvalue weighted by molar-refractivity contribution is 0.456. The van der Waals surface area contributed by atoms with E-state index in [0.717, 1.165) is 22.6 Å². The van der Waals surface area contributed by atoms with Gasteiger partial charge in [-0.05, 0) is 31.0 Å². The van der Waals surface area contributed by atoms with Crippen LogP contribution in [-0.4, -0.2) is 9.97 Å². The molecule has 88 valence electrons. The fourth-order valence-electron chi connectivity index (χ4n) is 1.48. The van der Waals surface area contributed by atoms with Crippen LogP contribution in [0.25, 0.3) is 0 Å². The molecule has 1 aromatic carbocycles. The van der Waals surface area contributed by atoms with Gasteiger partial charge in [0.05, 0.1) is 0 Å². The molecule has 1 heterocycles. The predicted octanol–water partition coefficient (Wildman–Crippen LogP) is 2.34. The lowest BCUT2D eigenvalue weighted by Gasteiger charge is -2.09. The molecular formula is C13H15N3O. The van der Waals surface area contributed by atoms with Gasteiger partial charge in [0.1, 0.15) is 12.1 Å². The molecule has 2 N–H and O–H groups in total. The fourth-order valence-corrected chi connectivity index (χ4v) is 1.48. The molecule has 4 nitrogen and oxygen atoms in total. The molecule has 0 atom stereocenters. The molecule has 0 bridgehead atoms. The molecule has 0 saturated heterocycles. The van der Waals surface area contributed by atoms with E-state index in [1.807, 2.05) is 32.0 Å². The summed E-state index contributed by atoms with van der Waals surface area (Å²) < 4.78 is 5.73. The van der Waals surface area contributed by atoms with Crippen LogP contribution in [0.1, 0.15) is 16.8 Å². The van der Waals surface area contributed by atoms with Gasteiger partial charge in [-0.25, -0.2) is 9.97 Å². The van der Waals surface area contributed by atoms with Crippen molar-refractivity contribution in [2.45, 2.75) is 20.4 Å². The van der Waals surface area contributed by atoms with E-state index in [-0.39, 0.29) is 0 Å². The second-order valence-corrected chi connectivity index (χ2v) is 3.90. The molecule has 4 heteroatoms. The van der Waals surface area contributed by atoms with E-state index in [2.05, 4.69) is 9.97 Å². The van der Waals surface area contributed by atoms with E-state index >= 15 is 0 Å². The van der Waals surface area contributed by atoms with Crippen molar-refractivity contribution >= 4 is 0 Å². The Kier molecular flexibility index (Phi) is 3.35. The van der Waals surface area contributed by atoms with Crippen LogP contribution in [0.15, 0.2) is 30.6 Å². The first-order valence-electron chi connectivity index (χ1n) is 5.45. The zero-order valence-corrected chi connectivity index (χ0v) is 9.97. The maximum absolute atomic E-state index is 5.73. The van der Waals surface area contributed by atoms with Crippen molar-refractivity contribution in [1.82, 2.24) is 9.97 Å². The second kappa shape index (κ2) is 4.93. The highest BCUT2D eigenvalue weighted by Crippen LogP contribution is 2.24. The minimum Gasteiger partial charge on any atom is -0.439 e. The van der Waals surface area contributed by atoms with Gasteiger partial charge in [-0.3, -0.25) is 0 Å². The summed E-state index contributed by atoms with van der Waals surface area (Å²) in [5.41, 5.74) is 8.57. The number of benzene rings is 1. The molecule has 0 aliphatic rings. The molecule has 0 fully saturated rings. The van der Waals surface area contributed by atoms with Crippen molar-refractivity contribution in [3.8, 4) is 11.6 Å². The molecule has 1 aromatic heterocycles. The van der Waals surface area contributed by atoms with Gasteiger partial charge in [0, 0.05) is 18.3 Å². The smallest absolute Gasteiger partial charge is 0.222 e. The Hall–Kier alpha value is -1.94. The maximum Gasteiger partial charge on any atom is 0.222 e. The normalized spacial score (nSPS) is 10.3. The van der Waals surface area contributed by atoms with Crippen molar-refractivity contribution in [3.05, 3.63) is 47.4 Å². The number of aryl methyl sites for hydroxylation is 2. The van der Waals surface area contributed by atoms with E-state index in [4.69, 9.17) is 10.5 Å². The monoisotopic (exact) mass is 229 g/mol. The number of nitrogens with zero attached hydrogens (tertiary/aromatic N) is 2. The summed E-state index contributed by atoms with van der Waals surface area (Å²) in [6.07, 6.45) is 1.49. The van der Waals surface area contributed by atoms with Gasteiger partial charge in [0.25, 0.3) is 0 Å². The summed E-state index contributed by atoms with van der Waals surface area (Å²) >= 11 is 0. The Labute approximate surface area is 100 Å². The minimum atomic E-state index is 0.499. The number of ether oxygens (including phenoxy) is 1. The van der Waals surface area contributed by atoms with Crippen molar-refractivity contribution in [1.29, 1.82) is 0 Å². The van der Waals surface area contributed by atoms with Crippen LogP contribution in [0, 0.1) is 13.8 Å². The van der Waals surface area contributed by atoms with Crippen LogP contribution in [0.4, 0.5) is 0 Å². The van der Waals surface area contributed by atoms with Crippen LogP contribution >= 0.6 is 0 Å². The van der Waals surface area contributed by atoms with Gasteiger partial charge in [-0.15, -0.1) is 0 Å². The highest BCUT2D eigenvalue weighted by atomic mass is 16.5. The molecule has 0 unspecified atom stereocenters. The van der Waals surface area contributed by atoms with Crippen molar-refractivity contribution < 1.29 is 4.74 Å². The molecule has 2 rings (SSSR count). The minimum absolute atomic E-state index is 0.499. The molecule has 2 aromatic rings. The van der Waals surface area contributed by atoms with Crippen molar-refractivity contribution in [2.24, 2.45) is 5.73 Å². The fraction of sp³-hybridized carbons (Fsp3) is 0.231. The zero-order chi connectivity index (χ0) is 12.3. The third kappa shape index (κ3) is 2.79. The first-order chi connectivity index (χ1) is 8.19. The first-order valence-corrected chi connectivity index (χ1v) is 5.45. The number of rotatable bonds is 3. The molecule has 17 heavy (non-hydrogen) atoms. The Balaban J connectivity index is 2.29. The van der Waals surface area contributed by atoms with Crippen molar-refractivity contribution in [2.75, 3.05) is 0 Å². The number of aromatic nitrogens is 2. The van der Waals surface area contributed by atoms with Gasteiger partial charge in [0.15, 0.2) is 0 Å². The van der Waals surface area contributed by atoms with Gasteiger partial charge < -0.3 is 10.5 Å². The van der Waals surface area contributed by atoms with E-state index in [0.29, 0.717) is 12.4 Å². The summed E-state index contributed by atoms with van der Waals surface area (Å²) in [7, 11) is 0. The maximum atomic E-state index is 5.73. The standard InChI is InChI=1S/C13H15N3O/c1-9-3-4-11(7-14)6-12(9)17-13-5-10(2)15-8-16-13/h3-6,8H,7,14H2,1-2H3. The van der Waals surface area contributed by atoms with Gasteiger partial charge in [0.2, 0.25) is 5.88 Å². The topological polar surface area (TPSA) is 61.0 Å². The number of hydrogen-bond donors (Lipinski definition) is 1. The van der Waals surface area contributed by atoms with E-state index in [1.165, 1.54) is 6.33 Å². The van der Waals surface area contributed by atoms with Crippen LogP contribution in [-0.2, 0) is 6.54 Å². The van der Waals surface area contributed by atoms with Crippen LogP contribution in [0.3, 0.4) is 0 Å². The SMILES string of the molecule is Cc1cc(Oc2cc(CN)ccc2C)ncn1. The van der Waals surface area contributed by atoms with Crippen LogP contribution in [0.5, 0.6) is 11.6 Å². The third-order valence-corrected chi connectivity index (χ3v) is 2.48. The van der Waals surface area contributed by atoms with Crippen LogP contribution < -0.4 is 10.5 Å². The third-order valence-electron chi connectivity index (χ3n) is 2.48. The Bertz CT molecular complexity index is 526. The molecule has 0 aliphatic carbocycles. The second-order valence-electron chi connectivity index (χ2n) is 3.90. The Morgan fingerprint density at radius 1 is 1.18 bits per heavy atom. The molecule has 0 spiro atoms. The number of nitrogens with two attached hydrogens (primary N) is 1. The number of hydrogen-bond acceptors (Lipinski definition) is 4. The van der Waals surface area contributed by atoms with Gasteiger partial charge in [-0.1, -0.05) is 12.1 Å². The average molecular weight is 229 g/mol. The molecule has 0 aliphatic heterocycles. The lowest BCUT2D eigenvalue weighted by Crippen LogP contribution is -1.98.